The van der Waals surface area contributed by atoms with E-state index in [1.165, 1.54) is 16.3 Å². The smallest absolute Gasteiger partial charge is 0.137 e. The number of aromatic nitrogens is 3. The maximum atomic E-state index is 4.73. The lowest BCUT2D eigenvalue weighted by atomic mass is 10.0. The first-order valence-corrected chi connectivity index (χ1v) is 13.4. The highest BCUT2D eigenvalue weighted by molar-refractivity contribution is 6.10. The number of hydrogen-bond donors (Lipinski definition) is 0. The molecule has 0 N–H and O–H groups in total. The number of anilines is 3. The standard InChI is InChI=1S/C36H24N4/c1-3-12-32-25(9-1)15-16-26-17-18-27(31-11-5-7-21-37-31)23-34(26)39(32)28-19-20-30-29-10-2-4-13-33(29)40(35(30)24-28)36-14-6-8-22-38-36/h1-24H. The minimum absolute atomic E-state index is 0.904. The van der Waals surface area contributed by atoms with Crippen LogP contribution in [0.25, 0.3) is 51.0 Å². The van der Waals surface area contributed by atoms with E-state index in [0.29, 0.717) is 0 Å². The summed E-state index contributed by atoms with van der Waals surface area (Å²) in [5.74, 6) is 0.904. The largest absolute Gasteiger partial charge is 0.309 e. The number of para-hydroxylation sites is 2. The minimum atomic E-state index is 0.904. The zero-order chi connectivity index (χ0) is 26.5. The molecule has 0 atom stereocenters. The molecule has 0 amide bonds. The Morgan fingerprint density at radius 2 is 1.25 bits per heavy atom. The van der Waals surface area contributed by atoms with Crippen LogP contribution in [0.2, 0.25) is 0 Å². The number of rotatable bonds is 3. The summed E-state index contributed by atoms with van der Waals surface area (Å²) in [5.41, 5.74) is 9.96. The van der Waals surface area contributed by atoms with Crippen molar-refractivity contribution in [3.05, 3.63) is 145 Å². The third kappa shape index (κ3) is 3.54. The van der Waals surface area contributed by atoms with Crippen molar-refractivity contribution >= 4 is 51.0 Å². The molecule has 0 aliphatic carbocycles. The summed E-state index contributed by atoms with van der Waals surface area (Å²) in [4.78, 5) is 11.7. The fraction of sp³-hybridized carbons (Fsp3) is 0. The van der Waals surface area contributed by atoms with Gasteiger partial charge in [0.2, 0.25) is 0 Å². The molecular weight excluding hydrogens is 488 g/mol. The summed E-state index contributed by atoms with van der Waals surface area (Å²) in [6.07, 6.45) is 8.11. The SMILES string of the molecule is C1=Cc2ccc(-c3ccccn3)cc2N(c2ccc3c4ccccc4n(-c4ccccn4)c3c2)c2ccccc21. The lowest BCUT2D eigenvalue weighted by Gasteiger charge is -2.28. The Labute approximate surface area is 232 Å². The van der Waals surface area contributed by atoms with Gasteiger partial charge in [0.05, 0.1) is 28.1 Å². The first-order chi connectivity index (χ1) is 19.8. The summed E-state index contributed by atoms with van der Waals surface area (Å²) < 4.78 is 2.27. The van der Waals surface area contributed by atoms with Gasteiger partial charge in [-0.2, -0.15) is 0 Å². The van der Waals surface area contributed by atoms with E-state index in [9.17, 15) is 0 Å². The molecule has 4 heteroatoms. The molecule has 4 aromatic carbocycles. The molecule has 8 rings (SSSR count). The minimum Gasteiger partial charge on any atom is -0.309 e. The lowest BCUT2D eigenvalue weighted by Crippen LogP contribution is -2.12. The molecule has 0 fully saturated rings. The Balaban J connectivity index is 1.41. The van der Waals surface area contributed by atoms with Crippen LogP contribution in [-0.2, 0) is 0 Å². The maximum Gasteiger partial charge on any atom is 0.137 e. The highest BCUT2D eigenvalue weighted by atomic mass is 15.2. The molecule has 0 saturated carbocycles. The number of benzene rings is 4. The summed E-state index contributed by atoms with van der Waals surface area (Å²) in [7, 11) is 0. The van der Waals surface area contributed by atoms with Crippen LogP contribution in [0.15, 0.2) is 134 Å². The van der Waals surface area contributed by atoms with Gasteiger partial charge in [-0.25, -0.2) is 4.98 Å². The van der Waals surface area contributed by atoms with Crippen LogP contribution < -0.4 is 4.90 Å². The quantitative estimate of drug-likeness (QED) is 0.237. The number of pyridine rings is 2. The summed E-state index contributed by atoms with van der Waals surface area (Å²) in [6.45, 7) is 0. The van der Waals surface area contributed by atoms with Crippen LogP contribution in [0.4, 0.5) is 17.1 Å². The molecule has 1 aliphatic rings. The van der Waals surface area contributed by atoms with Crippen LogP contribution >= 0.6 is 0 Å². The van der Waals surface area contributed by atoms with Crippen molar-refractivity contribution in [2.24, 2.45) is 0 Å². The molecule has 40 heavy (non-hydrogen) atoms. The van der Waals surface area contributed by atoms with Crippen molar-refractivity contribution in [1.29, 1.82) is 0 Å². The zero-order valence-corrected chi connectivity index (χ0v) is 21.6. The van der Waals surface area contributed by atoms with E-state index in [1.807, 2.05) is 36.7 Å². The third-order valence-electron chi connectivity index (χ3n) is 7.65. The Kier molecular flexibility index (Phi) is 5.10. The first-order valence-electron chi connectivity index (χ1n) is 13.4. The van der Waals surface area contributed by atoms with Gasteiger partial charge in [-0.15, -0.1) is 0 Å². The topological polar surface area (TPSA) is 34.0 Å². The first kappa shape index (κ1) is 22.5. The number of nitrogens with zero attached hydrogens (tertiary/aromatic N) is 4. The second-order valence-corrected chi connectivity index (χ2v) is 9.96. The fourth-order valence-corrected chi connectivity index (χ4v) is 5.82. The Morgan fingerprint density at radius 1 is 0.500 bits per heavy atom. The van der Waals surface area contributed by atoms with Crippen molar-refractivity contribution < 1.29 is 0 Å². The second-order valence-electron chi connectivity index (χ2n) is 9.96. The predicted molar refractivity (Wildman–Crippen MR) is 165 cm³/mol. The molecule has 3 aromatic heterocycles. The third-order valence-corrected chi connectivity index (χ3v) is 7.65. The Hall–Kier alpha value is -5.48. The predicted octanol–water partition coefficient (Wildman–Crippen LogP) is 9.19. The summed E-state index contributed by atoms with van der Waals surface area (Å²) in [6, 6.07) is 42.6. The molecule has 188 valence electrons. The van der Waals surface area contributed by atoms with E-state index in [-0.39, 0.29) is 0 Å². The number of fused-ring (bicyclic) bond motifs is 5. The van der Waals surface area contributed by atoms with E-state index in [1.54, 1.807) is 0 Å². The van der Waals surface area contributed by atoms with Crippen molar-refractivity contribution in [1.82, 2.24) is 14.5 Å². The molecule has 0 radical (unpaired) electrons. The van der Waals surface area contributed by atoms with Gasteiger partial charge in [-0.05, 0) is 65.7 Å². The molecule has 0 bridgehead atoms. The van der Waals surface area contributed by atoms with Gasteiger partial charge in [-0.1, -0.05) is 78.9 Å². The van der Waals surface area contributed by atoms with Crippen molar-refractivity contribution in [2.75, 3.05) is 4.90 Å². The van der Waals surface area contributed by atoms with E-state index in [0.717, 1.165) is 50.7 Å². The molecule has 4 heterocycles. The van der Waals surface area contributed by atoms with E-state index >= 15 is 0 Å². The van der Waals surface area contributed by atoms with E-state index in [4.69, 9.17) is 4.98 Å². The van der Waals surface area contributed by atoms with Crippen LogP contribution in [-0.4, -0.2) is 14.5 Å². The normalized spacial score (nSPS) is 12.3. The fourth-order valence-electron chi connectivity index (χ4n) is 5.82. The van der Waals surface area contributed by atoms with E-state index in [2.05, 4.69) is 124 Å². The van der Waals surface area contributed by atoms with Crippen LogP contribution in [0.5, 0.6) is 0 Å². The van der Waals surface area contributed by atoms with Gasteiger partial charge >= 0.3 is 0 Å². The average Bonchev–Trinajstić information content (AvgIpc) is 3.25. The molecule has 0 unspecified atom stereocenters. The molecule has 0 spiro atoms. The Bertz CT molecular complexity index is 2060. The lowest BCUT2D eigenvalue weighted by molar-refractivity contribution is 1.08. The molecule has 7 aromatic rings. The number of hydrogen-bond acceptors (Lipinski definition) is 3. The van der Waals surface area contributed by atoms with Gasteiger partial charge in [-0.3, -0.25) is 9.55 Å². The summed E-state index contributed by atoms with van der Waals surface area (Å²) in [5, 5.41) is 2.42. The van der Waals surface area contributed by atoms with Crippen molar-refractivity contribution in [3.63, 3.8) is 0 Å². The van der Waals surface area contributed by atoms with Crippen LogP contribution in [0.1, 0.15) is 11.1 Å². The molecule has 0 saturated heterocycles. The average molecular weight is 513 g/mol. The maximum absolute atomic E-state index is 4.73. The van der Waals surface area contributed by atoms with Crippen molar-refractivity contribution in [2.45, 2.75) is 0 Å². The second kappa shape index (κ2) is 9.07. The summed E-state index contributed by atoms with van der Waals surface area (Å²) >= 11 is 0. The van der Waals surface area contributed by atoms with Crippen LogP contribution in [0, 0.1) is 0 Å². The molecule has 4 nitrogen and oxygen atoms in total. The molecular formula is C36H24N4. The van der Waals surface area contributed by atoms with Gasteiger partial charge in [0.25, 0.3) is 0 Å². The highest BCUT2D eigenvalue weighted by Crippen LogP contribution is 2.45. The highest BCUT2D eigenvalue weighted by Gasteiger charge is 2.22. The van der Waals surface area contributed by atoms with E-state index < -0.39 is 0 Å². The Morgan fingerprint density at radius 3 is 2.10 bits per heavy atom. The van der Waals surface area contributed by atoms with Gasteiger partial charge < -0.3 is 4.90 Å². The monoisotopic (exact) mass is 512 g/mol. The van der Waals surface area contributed by atoms with Gasteiger partial charge in [0.15, 0.2) is 0 Å². The van der Waals surface area contributed by atoms with Gasteiger partial charge in [0.1, 0.15) is 5.82 Å². The zero-order valence-electron chi connectivity index (χ0n) is 21.6. The van der Waals surface area contributed by atoms with Gasteiger partial charge in [0, 0.05) is 34.4 Å². The van der Waals surface area contributed by atoms with Crippen molar-refractivity contribution in [3.8, 4) is 17.1 Å². The van der Waals surface area contributed by atoms with Crippen LogP contribution in [0.3, 0.4) is 0 Å². The molecule has 1 aliphatic heterocycles.